The molecule has 2 aromatic heterocycles. The number of aromatic nitrogens is 2. The Morgan fingerprint density at radius 2 is 2.00 bits per heavy atom. The summed E-state index contributed by atoms with van der Waals surface area (Å²) in [6, 6.07) is 10.0. The van der Waals surface area contributed by atoms with E-state index < -0.39 is 5.38 Å². The molecule has 1 amide bonds. The van der Waals surface area contributed by atoms with Gasteiger partial charge in [0.15, 0.2) is 0 Å². The monoisotopic (exact) mass is 345 g/mol. The zero-order valence-electron chi connectivity index (χ0n) is 13.4. The Morgan fingerprint density at radius 3 is 2.67 bits per heavy atom. The summed E-state index contributed by atoms with van der Waals surface area (Å²) in [4.78, 5) is 16.4. The lowest BCUT2D eigenvalue weighted by Gasteiger charge is -2.09. The fourth-order valence-electron chi connectivity index (χ4n) is 2.52. The standard InChI is InChI=1S/C18H17ClFN3O/c1-11-3-8-16-22-17(13-4-6-14(20)7-5-13)15(23(16)10-11)9-21-18(24)12(2)19/h3-8,10,12H,9H2,1-2H3,(H,21,24). The van der Waals surface area contributed by atoms with Crippen molar-refractivity contribution >= 4 is 23.2 Å². The van der Waals surface area contributed by atoms with E-state index in [0.717, 1.165) is 22.5 Å². The maximum atomic E-state index is 13.2. The summed E-state index contributed by atoms with van der Waals surface area (Å²) in [5.74, 6) is -0.548. The van der Waals surface area contributed by atoms with Gasteiger partial charge in [0, 0.05) is 11.8 Å². The molecule has 1 aromatic carbocycles. The van der Waals surface area contributed by atoms with Crippen molar-refractivity contribution in [1.29, 1.82) is 0 Å². The number of aryl methyl sites for hydroxylation is 1. The first-order valence-electron chi connectivity index (χ1n) is 7.61. The number of amides is 1. The average Bonchev–Trinajstić information content (AvgIpc) is 2.91. The Balaban J connectivity index is 2.08. The van der Waals surface area contributed by atoms with E-state index in [-0.39, 0.29) is 18.3 Å². The Morgan fingerprint density at radius 1 is 1.29 bits per heavy atom. The molecule has 3 rings (SSSR count). The molecule has 0 aliphatic rings. The van der Waals surface area contributed by atoms with Gasteiger partial charge >= 0.3 is 0 Å². The van der Waals surface area contributed by atoms with Gasteiger partial charge in [-0.1, -0.05) is 6.07 Å². The highest BCUT2D eigenvalue weighted by atomic mass is 35.5. The molecule has 0 saturated carbocycles. The number of benzene rings is 1. The van der Waals surface area contributed by atoms with Gasteiger partial charge in [-0.25, -0.2) is 9.37 Å². The lowest BCUT2D eigenvalue weighted by Crippen LogP contribution is -2.29. The molecule has 0 radical (unpaired) electrons. The van der Waals surface area contributed by atoms with Crippen LogP contribution >= 0.6 is 11.6 Å². The minimum atomic E-state index is -0.611. The van der Waals surface area contributed by atoms with Crippen LogP contribution in [0.4, 0.5) is 4.39 Å². The summed E-state index contributed by atoms with van der Waals surface area (Å²) in [5, 5.41) is 2.20. The molecule has 0 aliphatic carbocycles. The van der Waals surface area contributed by atoms with E-state index in [2.05, 4.69) is 10.3 Å². The van der Waals surface area contributed by atoms with E-state index in [1.54, 1.807) is 19.1 Å². The van der Waals surface area contributed by atoms with Crippen LogP contribution in [0.25, 0.3) is 16.9 Å². The molecule has 1 N–H and O–H groups in total. The molecule has 0 spiro atoms. The minimum absolute atomic E-state index is 0.246. The first-order valence-corrected chi connectivity index (χ1v) is 8.04. The van der Waals surface area contributed by atoms with E-state index in [0.29, 0.717) is 5.69 Å². The largest absolute Gasteiger partial charge is 0.349 e. The van der Waals surface area contributed by atoms with E-state index in [9.17, 15) is 9.18 Å². The molecule has 1 atom stereocenters. The maximum absolute atomic E-state index is 13.2. The predicted molar refractivity (Wildman–Crippen MR) is 92.5 cm³/mol. The number of pyridine rings is 1. The summed E-state index contributed by atoms with van der Waals surface area (Å²) < 4.78 is 15.1. The number of imidazole rings is 1. The number of halogens is 2. The van der Waals surface area contributed by atoms with Gasteiger partial charge < -0.3 is 9.72 Å². The van der Waals surface area contributed by atoms with Crippen LogP contribution in [-0.2, 0) is 11.3 Å². The summed E-state index contributed by atoms with van der Waals surface area (Å²) in [5.41, 5.74) is 4.17. The minimum Gasteiger partial charge on any atom is -0.349 e. The number of carbonyl (C=O) groups is 1. The molecule has 0 bridgehead atoms. The van der Waals surface area contributed by atoms with E-state index in [1.165, 1.54) is 12.1 Å². The van der Waals surface area contributed by atoms with Crippen molar-refractivity contribution in [3.8, 4) is 11.3 Å². The second kappa shape index (κ2) is 6.61. The third kappa shape index (κ3) is 3.26. The van der Waals surface area contributed by atoms with Crippen molar-refractivity contribution in [3.05, 3.63) is 59.7 Å². The van der Waals surface area contributed by atoms with Crippen LogP contribution in [0.2, 0.25) is 0 Å². The summed E-state index contributed by atoms with van der Waals surface area (Å²) >= 11 is 5.81. The lowest BCUT2D eigenvalue weighted by atomic mass is 10.1. The van der Waals surface area contributed by atoms with Gasteiger partial charge in [-0.2, -0.15) is 0 Å². The molecule has 2 heterocycles. The maximum Gasteiger partial charge on any atom is 0.238 e. The van der Waals surface area contributed by atoms with Crippen LogP contribution in [-0.4, -0.2) is 20.7 Å². The summed E-state index contributed by atoms with van der Waals surface area (Å²) in [6.07, 6.45) is 1.96. The van der Waals surface area contributed by atoms with Crippen LogP contribution in [0, 0.1) is 12.7 Å². The topological polar surface area (TPSA) is 46.4 Å². The predicted octanol–water partition coefficient (Wildman–Crippen LogP) is 3.69. The fraction of sp³-hybridized carbons (Fsp3) is 0.222. The first kappa shape index (κ1) is 16.5. The van der Waals surface area contributed by atoms with Gasteiger partial charge in [-0.05, 0) is 49.7 Å². The molecule has 0 aliphatic heterocycles. The van der Waals surface area contributed by atoms with Crippen LogP contribution in [0.15, 0.2) is 42.6 Å². The SMILES string of the molecule is Cc1ccc2nc(-c3ccc(F)cc3)c(CNC(=O)C(C)Cl)n2c1. The Kier molecular flexibility index (Phi) is 4.53. The Bertz CT molecular complexity index is 887. The lowest BCUT2D eigenvalue weighted by molar-refractivity contribution is -0.120. The van der Waals surface area contributed by atoms with Crippen molar-refractivity contribution in [3.63, 3.8) is 0 Å². The molecule has 6 heteroatoms. The second-order valence-electron chi connectivity index (χ2n) is 5.68. The zero-order valence-corrected chi connectivity index (χ0v) is 14.1. The van der Waals surface area contributed by atoms with Gasteiger partial charge in [0.05, 0.1) is 17.9 Å². The van der Waals surface area contributed by atoms with Gasteiger partial charge in [0.25, 0.3) is 0 Å². The van der Waals surface area contributed by atoms with E-state index in [4.69, 9.17) is 11.6 Å². The molecular formula is C18H17ClFN3O. The fourth-order valence-corrected chi connectivity index (χ4v) is 2.60. The number of carbonyl (C=O) groups excluding carboxylic acids is 1. The highest BCUT2D eigenvalue weighted by Crippen LogP contribution is 2.25. The van der Waals surface area contributed by atoms with Crippen molar-refractivity contribution in [1.82, 2.24) is 14.7 Å². The van der Waals surface area contributed by atoms with E-state index >= 15 is 0 Å². The number of rotatable bonds is 4. The van der Waals surface area contributed by atoms with Gasteiger partial charge in [0.1, 0.15) is 16.8 Å². The van der Waals surface area contributed by atoms with Crippen molar-refractivity contribution in [2.24, 2.45) is 0 Å². The zero-order chi connectivity index (χ0) is 17.3. The summed E-state index contributed by atoms with van der Waals surface area (Å²) in [6.45, 7) is 3.89. The molecule has 4 nitrogen and oxygen atoms in total. The second-order valence-corrected chi connectivity index (χ2v) is 6.34. The van der Waals surface area contributed by atoms with Crippen molar-refractivity contribution in [2.75, 3.05) is 0 Å². The molecule has 0 fully saturated rings. The Hall–Kier alpha value is -2.40. The number of alkyl halides is 1. The van der Waals surface area contributed by atoms with Gasteiger partial charge in [0.2, 0.25) is 5.91 Å². The highest BCUT2D eigenvalue weighted by molar-refractivity contribution is 6.30. The van der Waals surface area contributed by atoms with Crippen molar-refractivity contribution in [2.45, 2.75) is 25.8 Å². The quantitative estimate of drug-likeness (QED) is 0.733. The van der Waals surface area contributed by atoms with Gasteiger partial charge in [-0.15, -0.1) is 11.6 Å². The molecule has 0 saturated heterocycles. The van der Waals surface area contributed by atoms with E-state index in [1.807, 2.05) is 29.7 Å². The third-order valence-corrected chi connectivity index (χ3v) is 3.97. The van der Waals surface area contributed by atoms with Crippen LogP contribution in [0.3, 0.4) is 0 Å². The Labute approximate surface area is 144 Å². The molecular weight excluding hydrogens is 329 g/mol. The normalized spacial score (nSPS) is 12.3. The van der Waals surface area contributed by atoms with Crippen LogP contribution in [0.1, 0.15) is 18.2 Å². The molecule has 24 heavy (non-hydrogen) atoms. The number of fused-ring (bicyclic) bond motifs is 1. The average molecular weight is 346 g/mol. The number of nitrogens with one attached hydrogen (secondary N) is 1. The number of nitrogens with zero attached hydrogens (tertiary/aromatic N) is 2. The van der Waals surface area contributed by atoms with Gasteiger partial charge in [-0.3, -0.25) is 4.79 Å². The van der Waals surface area contributed by atoms with Crippen LogP contribution in [0.5, 0.6) is 0 Å². The highest BCUT2D eigenvalue weighted by Gasteiger charge is 2.16. The van der Waals surface area contributed by atoms with Crippen molar-refractivity contribution < 1.29 is 9.18 Å². The first-order chi connectivity index (χ1) is 11.5. The van der Waals surface area contributed by atoms with Crippen LogP contribution < -0.4 is 5.32 Å². The third-order valence-electron chi connectivity index (χ3n) is 3.77. The molecule has 3 aromatic rings. The number of hydrogen-bond donors (Lipinski definition) is 1. The number of hydrogen-bond acceptors (Lipinski definition) is 2. The summed E-state index contributed by atoms with van der Waals surface area (Å²) in [7, 11) is 0. The molecule has 124 valence electrons. The molecule has 1 unspecified atom stereocenters. The smallest absolute Gasteiger partial charge is 0.238 e.